The van der Waals surface area contributed by atoms with Crippen molar-refractivity contribution < 1.29 is 4.74 Å². The van der Waals surface area contributed by atoms with Gasteiger partial charge in [0.15, 0.2) is 0 Å². The molecule has 11 heavy (non-hydrogen) atoms. The highest BCUT2D eigenvalue weighted by Gasteiger charge is 2.28. The van der Waals surface area contributed by atoms with Crippen molar-refractivity contribution >= 4 is 0 Å². The minimum atomic E-state index is 0.661. The summed E-state index contributed by atoms with van der Waals surface area (Å²) in [6, 6.07) is 0. The molecule has 0 spiro atoms. The van der Waals surface area contributed by atoms with Crippen LogP contribution in [-0.4, -0.2) is 12.7 Å². The predicted octanol–water partition coefficient (Wildman–Crippen LogP) is 2.77. The first-order valence-corrected chi connectivity index (χ1v) is 4.55. The van der Waals surface area contributed by atoms with Crippen molar-refractivity contribution in [2.75, 3.05) is 6.61 Å². The van der Waals surface area contributed by atoms with Gasteiger partial charge in [-0.25, -0.2) is 0 Å². The fraction of sp³-hybridized carbons (Fsp3) is 0.800. The van der Waals surface area contributed by atoms with Crippen molar-refractivity contribution in [3.05, 3.63) is 12.7 Å². The number of ether oxygens (including phenoxy) is 1. The van der Waals surface area contributed by atoms with Crippen molar-refractivity contribution in [2.24, 2.45) is 5.92 Å². The van der Waals surface area contributed by atoms with Crippen LogP contribution in [0.2, 0.25) is 0 Å². The summed E-state index contributed by atoms with van der Waals surface area (Å²) in [5, 5.41) is 0. The van der Waals surface area contributed by atoms with E-state index in [0.29, 0.717) is 6.10 Å². The van der Waals surface area contributed by atoms with E-state index >= 15 is 0 Å². The zero-order chi connectivity index (χ0) is 8.10. The molecule has 1 aliphatic carbocycles. The van der Waals surface area contributed by atoms with Crippen molar-refractivity contribution in [1.29, 1.82) is 0 Å². The average molecular weight is 154 g/mol. The second-order valence-electron chi connectivity index (χ2n) is 3.37. The quantitative estimate of drug-likeness (QED) is 0.487. The van der Waals surface area contributed by atoms with E-state index in [1.807, 2.05) is 6.92 Å². The van der Waals surface area contributed by atoms with Gasteiger partial charge >= 0.3 is 0 Å². The van der Waals surface area contributed by atoms with Crippen LogP contribution in [0.25, 0.3) is 0 Å². The summed E-state index contributed by atoms with van der Waals surface area (Å²) in [5.41, 5.74) is 0. The Morgan fingerprint density at radius 3 is 2.64 bits per heavy atom. The van der Waals surface area contributed by atoms with E-state index in [-0.39, 0.29) is 0 Å². The molecule has 2 atom stereocenters. The summed E-state index contributed by atoms with van der Waals surface area (Å²) in [7, 11) is 0. The fourth-order valence-electron chi connectivity index (χ4n) is 1.84. The molecule has 0 aromatic heterocycles. The van der Waals surface area contributed by atoms with E-state index in [4.69, 9.17) is 4.74 Å². The van der Waals surface area contributed by atoms with Gasteiger partial charge in [-0.3, -0.25) is 0 Å². The fourth-order valence-corrected chi connectivity index (χ4v) is 1.84. The topological polar surface area (TPSA) is 9.23 Å². The summed E-state index contributed by atoms with van der Waals surface area (Å²) in [6.45, 7) is 6.29. The van der Waals surface area contributed by atoms with Gasteiger partial charge in [0.1, 0.15) is 0 Å². The van der Waals surface area contributed by atoms with E-state index in [1.165, 1.54) is 25.7 Å². The molecule has 0 aromatic carbocycles. The summed E-state index contributed by atoms with van der Waals surface area (Å²) in [4.78, 5) is 0. The zero-order valence-electron chi connectivity index (χ0n) is 7.38. The first-order valence-electron chi connectivity index (χ1n) is 4.55. The Morgan fingerprint density at radius 2 is 2.09 bits per heavy atom. The Hall–Kier alpha value is -0.300. The number of hydrogen-bond acceptors (Lipinski definition) is 1. The first kappa shape index (κ1) is 8.79. The number of hydrogen-bond donors (Lipinski definition) is 0. The highest BCUT2D eigenvalue weighted by atomic mass is 16.5. The number of allylic oxidation sites excluding steroid dienone is 1. The molecular weight excluding hydrogens is 136 g/mol. The maximum Gasteiger partial charge on any atom is 0.0577 e. The maximum absolute atomic E-state index is 5.47. The van der Waals surface area contributed by atoms with Crippen LogP contribution in [0.1, 0.15) is 32.6 Å². The lowest BCUT2D eigenvalue weighted by Gasteiger charge is -2.18. The standard InChI is InChI=1S/C7H12O.C3H6/c1-2-7-5-6(1)3-4-8-7;1-3-2/h6-7H,1-5H2;3H,1H2,2H3. The molecule has 1 saturated carbocycles. The van der Waals surface area contributed by atoms with Gasteiger partial charge in [0.2, 0.25) is 0 Å². The molecule has 2 fully saturated rings. The Balaban J connectivity index is 0.000000179. The minimum Gasteiger partial charge on any atom is -0.378 e. The van der Waals surface area contributed by atoms with Crippen molar-refractivity contribution in [1.82, 2.24) is 0 Å². The molecule has 1 nitrogen and oxygen atoms in total. The van der Waals surface area contributed by atoms with E-state index in [9.17, 15) is 0 Å². The van der Waals surface area contributed by atoms with Gasteiger partial charge < -0.3 is 4.74 Å². The molecule has 2 aliphatic rings. The molecule has 2 unspecified atom stereocenters. The first-order chi connectivity index (χ1) is 5.36. The van der Waals surface area contributed by atoms with Crippen LogP contribution in [0.3, 0.4) is 0 Å². The Labute approximate surface area is 69.4 Å². The summed E-state index contributed by atoms with van der Waals surface area (Å²) in [5.74, 6) is 1.04. The maximum atomic E-state index is 5.47. The van der Waals surface area contributed by atoms with Gasteiger partial charge in [-0.1, -0.05) is 6.08 Å². The van der Waals surface area contributed by atoms with Gasteiger partial charge in [0.25, 0.3) is 0 Å². The molecule has 0 radical (unpaired) electrons. The van der Waals surface area contributed by atoms with Crippen molar-refractivity contribution in [3.63, 3.8) is 0 Å². The van der Waals surface area contributed by atoms with E-state index < -0.39 is 0 Å². The molecule has 0 N–H and O–H groups in total. The van der Waals surface area contributed by atoms with Crippen LogP contribution < -0.4 is 0 Å². The number of rotatable bonds is 0. The Morgan fingerprint density at radius 1 is 1.36 bits per heavy atom. The molecule has 1 heterocycles. The van der Waals surface area contributed by atoms with E-state index in [2.05, 4.69) is 6.58 Å². The van der Waals surface area contributed by atoms with Crippen LogP contribution in [0.15, 0.2) is 12.7 Å². The largest absolute Gasteiger partial charge is 0.378 e. The van der Waals surface area contributed by atoms with E-state index in [0.717, 1.165) is 12.5 Å². The second-order valence-corrected chi connectivity index (χ2v) is 3.37. The third kappa shape index (κ3) is 2.66. The lowest BCUT2D eigenvalue weighted by atomic mass is 10.0. The van der Waals surface area contributed by atoms with Crippen LogP contribution in [-0.2, 0) is 4.74 Å². The minimum absolute atomic E-state index is 0.661. The summed E-state index contributed by atoms with van der Waals surface area (Å²) >= 11 is 0. The molecule has 1 heteroatoms. The molecule has 1 aliphatic heterocycles. The monoisotopic (exact) mass is 154 g/mol. The van der Waals surface area contributed by atoms with E-state index in [1.54, 1.807) is 6.08 Å². The predicted molar refractivity (Wildman–Crippen MR) is 47.6 cm³/mol. The second kappa shape index (κ2) is 4.55. The smallest absolute Gasteiger partial charge is 0.0577 e. The van der Waals surface area contributed by atoms with Gasteiger partial charge in [-0.15, -0.1) is 6.58 Å². The lowest BCUT2D eigenvalue weighted by Crippen LogP contribution is -2.16. The zero-order valence-corrected chi connectivity index (χ0v) is 7.38. The molecule has 0 amide bonds. The van der Waals surface area contributed by atoms with Crippen LogP contribution >= 0.6 is 0 Å². The SMILES string of the molecule is C1CC2CCC(C2)O1.C=CC. The van der Waals surface area contributed by atoms with Crippen LogP contribution in [0.4, 0.5) is 0 Å². The third-order valence-electron chi connectivity index (χ3n) is 2.37. The molecule has 0 aromatic rings. The highest BCUT2D eigenvalue weighted by Crippen LogP contribution is 2.34. The Kier molecular flexibility index (Phi) is 3.64. The molecule has 2 rings (SSSR count). The molecule has 1 saturated heterocycles. The van der Waals surface area contributed by atoms with Crippen LogP contribution in [0, 0.1) is 5.92 Å². The molecule has 64 valence electrons. The van der Waals surface area contributed by atoms with Crippen LogP contribution in [0.5, 0.6) is 0 Å². The molecule has 2 bridgehead atoms. The molecular formula is C10H18O. The van der Waals surface area contributed by atoms with Crippen molar-refractivity contribution in [3.8, 4) is 0 Å². The third-order valence-corrected chi connectivity index (χ3v) is 2.37. The van der Waals surface area contributed by atoms with Crippen molar-refractivity contribution in [2.45, 2.75) is 38.7 Å². The number of fused-ring (bicyclic) bond motifs is 2. The normalized spacial score (nSPS) is 33.9. The lowest BCUT2D eigenvalue weighted by molar-refractivity contribution is 0.0256. The van der Waals surface area contributed by atoms with Gasteiger partial charge in [0, 0.05) is 6.61 Å². The van der Waals surface area contributed by atoms with Gasteiger partial charge in [-0.05, 0) is 38.5 Å². The van der Waals surface area contributed by atoms with Gasteiger partial charge in [-0.2, -0.15) is 0 Å². The highest BCUT2D eigenvalue weighted by molar-refractivity contribution is 4.79. The Bertz CT molecular complexity index is 106. The summed E-state index contributed by atoms with van der Waals surface area (Å²) < 4.78 is 5.47. The van der Waals surface area contributed by atoms with Gasteiger partial charge in [0.05, 0.1) is 6.10 Å². The average Bonchev–Trinajstić information content (AvgIpc) is 2.33. The summed E-state index contributed by atoms with van der Waals surface area (Å²) in [6.07, 6.45) is 7.88.